The van der Waals surface area contributed by atoms with Gasteiger partial charge in [-0.15, -0.1) is 5.10 Å². The number of hydrogen-bond acceptors (Lipinski definition) is 5. The van der Waals surface area contributed by atoms with Crippen molar-refractivity contribution in [1.82, 2.24) is 24.9 Å². The van der Waals surface area contributed by atoms with Gasteiger partial charge in [0.25, 0.3) is 0 Å². The van der Waals surface area contributed by atoms with Gasteiger partial charge in [-0.2, -0.15) is 0 Å². The van der Waals surface area contributed by atoms with Crippen LogP contribution in [0.4, 0.5) is 0 Å². The van der Waals surface area contributed by atoms with Crippen molar-refractivity contribution in [1.29, 1.82) is 0 Å². The fourth-order valence-corrected chi connectivity index (χ4v) is 3.31. The lowest BCUT2D eigenvalue weighted by Crippen LogP contribution is -2.41. The average molecular weight is 343 g/mol. The van der Waals surface area contributed by atoms with Crippen molar-refractivity contribution in [3.8, 4) is 17.1 Å². The fraction of sp³-hybridized carbons (Fsp3) is 0.556. The van der Waals surface area contributed by atoms with Crippen molar-refractivity contribution in [2.75, 3.05) is 14.2 Å². The molecule has 1 aliphatic carbocycles. The monoisotopic (exact) mass is 343 g/mol. The molecule has 7 nitrogen and oxygen atoms in total. The number of rotatable bonds is 5. The van der Waals surface area contributed by atoms with Crippen molar-refractivity contribution in [3.63, 3.8) is 0 Å². The predicted octanol–water partition coefficient (Wildman–Crippen LogP) is 2.70. The van der Waals surface area contributed by atoms with Crippen LogP contribution >= 0.6 is 0 Å². The third-order valence-electron chi connectivity index (χ3n) is 4.98. The molecule has 1 saturated carbocycles. The highest BCUT2D eigenvalue weighted by Gasteiger charge is 2.27. The number of carbonyl (C=O) groups excluding carboxylic acids is 1. The molecule has 1 atom stereocenters. The normalized spacial score (nSPS) is 16.4. The van der Waals surface area contributed by atoms with E-state index in [0.717, 1.165) is 18.4 Å². The molecule has 0 N–H and O–H groups in total. The van der Waals surface area contributed by atoms with Crippen LogP contribution in [0.2, 0.25) is 0 Å². The van der Waals surface area contributed by atoms with Crippen molar-refractivity contribution in [2.45, 2.75) is 51.1 Å². The molecule has 0 saturated heterocycles. The SMILES string of the molecule is COc1ccc(-c2cn(C(C)C(=O)N(C)C3CCCCC3)nn2)cn1. The van der Waals surface area contributed by atoms with Gasteiger partial charge in [-0.25, -0.2) is 9.67 Å². The van der Waals surface area contributed by atoms with E-state index in [4.69, 9.17) is 4.74 Å². The van der Waals surface area contributed by atoms with Gasteiger partial charge >= 0.3 is 0 Å². The lowest BCUT2D eigenvalue weighted by Gasteiger charge is -2.32. The molecular formula is C18H25N5O2. The van der Waals surface area contributed by atoms with Crippen LogP contribution in [0.25, 0.3) is 11.3 Å². The fourth-order valence-electron chi connectivity index (χ4n) is 3.31. The van der Waals surface area contributed by atoms with Gasteiger partial charge in [-0.05, 0) is 25.8 Å². The highest BCUT2D eigenvalue weighted by Crippen LogP contribution is 2.24. The maximum Gasteiger partial charge on any atom is 0.247 e. The zero-order chi connectivity index (χ0) is 17.8. The number of aromatic nitrogens is 4. The van der Waals surface area contributed by atoms with Crippen molar-refractivity contribution in [2.24, 2.45) is 0 Å². The first-order chi connectivity index (χ1) is 12.1. The molecule has 0 aromatic carbocycles. The second-order valence-corrected chi connectivity index (χ2v) is 6.59. The van der Waals surface area contributed by atoms with Gasteiger partial charge in [0, 0.05) is 30.9 Å². The third kappa shape index (κ3) is 3.81. The van der Waals surface area contributed by atoms with Crippen LogP contribution in [0.15, 0.2) is 24.5 Å². The molecule has 7 heteroatoms. The molecule has 2 aromatic rings. The quantitative estimate of drug-likeness (QED) is 0.834. The number of likely N-dealkylation sites (N-methyl/N-ethyl adjacent to an activating group) is 1. The van der Waals surface area contributed by atoms with Crippen LogP contribution in [0.5, 0.6) is 5.88 Å². The molecule has 0 spiro atoms. The molecule has 0 radical (unpaired) electrons. The van der Waals surface area contributed by atoms with Gasteiger partial charge in [0.1, 0.15) is 11.7 Å². The van der Waals surface area contributed by atoms with Crippen LogP contribution in [-0.2, 0) is 4.79 Å². The first-order valence-corrected chi connectivity index (χ1v) is 8.79. The number of carbonyl (C=O) groups is 1. The molecular weight excluding hydrogens is 318 g/mol. The van der Waals surface area contributed by atoms with Gasteiger partial charge in [-0.1, -0.05) is 24.5 Å². The Labute approximate surface area is 148 Å². The minimum atomic E-state index is -0.376. The van der Waals surface area contributed by atoms with E-state index in [1.165, 1.54) is 19.3 Å². The molecule has 2 heterocycles. The second kappa shape index (κ2) is 7.63. The lowest BCUT2D eigenvalue weighted by atomic mass is 9.94. The van der Waals surface area contributed by atoms with Crippen molar-refractivity contribution < 1.29 is 9.53 Å². The first-order valence-electron chi connectivity index (χ1n) is 8.79. The number of nitrogens with zero attached hydrogens (tertiary/aromatic N) is 5. The number of hydrogen-bond donors (Lipinski definition) is 0. The van der Waals surface area contributed by atoms with E-state index in [1.807, 2.05) is 24.9 Å². The number of amides is 1. The number of pyridine rings is 1. The maximum atomic E-state index is 12.8. The Morgan fingerprint density at radius 2 is 2.08 bits per heavy atom. The summed E-state index contributed by atoms with van der Waals surface area (Å²) in [4.78, 5) is 18.8. The summed E-state index contributed by atoms with van der Waals surface area (Å²) >= 11 is 0. The largest absolute Gasteiger partial charge is 0.481 e. The summed E-state index contributed by atoms with van der Waals surface area (Å²) in [5.74, 6) is 0.630. The second-order valence-electron chi connectivity index (χ2n) is 6.59. The molecule has 0 aliphatic heterocycles. The van der Waals surface area contributed by atoms with E-state index in [2.05, 4.69) is 15.3 Å². The van der Waals surface area contributed by atoms with Crippen LogP contribution in [-0.4, -0.2) is 51.0 Å². The summed E-state index contributed by atoms with van der Waals surface area (Å²) in [5.41, 5.74) is 1.53. The zero-order valence-corrected chi connectivity index (χ0v) is 15.1. The molecule has 1 unspecified atom stereocenters. The van der Waals surface area contributed by atoms with Gasteiger partial charge in [0.15, 0.2) is 0 Å². The molecule has 0 bridgehead atoms. The Hall–Kier alpha value is -2.44. The van der Waals surface area contributed by atoms with Gasteiger partial charge in [0.05, 0.1) is 13.3 Å². The molecule has 1 amide bonds. The van der Waals surface area contributed by atoms with Gasteiger partial charge < -0.3 is 9.64 Å². The number of methoxy groups -OCH3 is 1. The predicted molar refractivity (Wildman–Crippen MR) is 94.2 cm³/mol. The molecule has 2 aromatic heterocycles. The van der Waals surface area contributed by atoms with Crippen LogP contribution < -0.4 is 4.74 Å². The Morgan fingerprint density at radius 1 is 1.32 bits per heavy atom. The molecule has 25 heavy (non-hydrogen) atoms. The van der Waals surface area contributed by atoms with Gasteiger partial charge in [-0.3, -0.25) is 4.79 Å². The van der Waals surface area contributed by atoms with Crippen LogP contribution in [0.1, 0.15) is 45.1 Å². The van der Waals surface area contributed by atoms with Crippen LogP contribution in [0, 0.1) is 0 Å². The Morgan fingerprint density at radius 3 is 2.72 bits per heavy atom. The summed E-state index contributed by atoms with van der Waals surface area (Å²) in [7, 11) is 3.48. The summed E-state index contributed by atoms with van der Waals surface area (Å²) in [6.07, 6.45) is 9.35. The van der Waals surface area contributed by atoms with E-state index in [1.54, 1.807) is 30.3 Å². The standard InChI is InChI=1S/C18H25N5O2/c1-13(18(24)22(2)15-7-5-4-6-8-15)23-12-16(20-21-23)14-9-10-17(25-3)19-11-14/h9-13,15H,4-8H2,1-3H3. The van der Waals surface area contributed by atoms with E-state index in [0.29, 0.717) is 17.6 Å². The molecule has 1 fully saturated rings. The lowest BCUT2D eigenvalue weighted by molar-refractivity contribution is -0.136. The summed E-state index contributed by atoms with van der Waals surface area (Å²) < 4.78 is 6.69. The molecule has 134 valence electrons. The highest BCUT2D eigenvalue weighted by molar-refractivity contribution is 5.80. The first kappa shape index (κ1) is 17.4. The minimum absolute atomic E-state index is 0.0798. The van der Waals surface area contributed by atoms with Crippen molar-refractivity contribution in [3.05, 3.63) is 24.5 Å². The van der Waals surface area contributed by atoms with Crippen LogP contribution in [0.3, 0.4) is 0 Å². The molecule has 1 aliphatic rings. The van der Waals surface area contributed by atoms with E-state index >= 15 is 0 Å². The van der Waals surface area contributed by atoms with Gasteiger partial charge in [0.2, 0.25) is 11.8 Å². The highest BCUT2D eigenvalue weighted by atomic mass is 16.5. The zero-order valence-electron chi connectivity index (χ0n) is 15.1. The Balaban J connectivity index is 1.70. The Kier molecular flexibility index (Phi) is 5.31. The van der Waals surface area contributed by atoms with E-state index in [9.17, 15) is 4.79 Å². The topological polar surface area (TPSA) is 73.1 Å². The summed E-state index contributed by atoms with van der Waals surface area (Å²) in [5, 5.41) is 8.32. The maximum absolute atomic E-state index is 12.8. The average Bonchev–Trinajstić information content (AvgIpc) is 3.17. The summed E-state index contributed by atoms with van der Waals surface area (Å²) in [6, 6.07) is 3.62. The third-order valence-corrected chi connectivity index (χ3v) is 4.98. The summed E-state index contributed by atoms with van der Waals surface area (Å²) in [6.45, 7) is 1.87. The van der Waals surface area contributed by atoms with E-state index in [-0.39, 0.29) is 11.9 Å². The smallest absolute Gasteiger partial charge is 0.247 e. The number of ether oxygens (including phenoxy) is 1. The van der Waals surface area contributed by atoms with Crippen molar-refractivity contribution >= 4 is 5.91 Å². The minimum Gasteiger partial charge on any atom is -0.481 e. The van der Waals surface area contributed by atoms with E-state index < -0.39 is 0 Å². The Bertz CT molecular complexity index is 707. The molecule has 3 rings (SSSR count).